The molecule has 1 unspecified atom stereocenters. The summed E-state index contributed by atoms with van der Waals surface area (Å²) in [6.07, 6.45) is 5.08. The lowest BCUT2D eigenvalue weighted by Gasteiger charge is -2.26. The summed E-state index contributed by atoms with van der Waals surface area (Å²) in [6.45, 7) is 3.61. The van der Waals surface area contributed by atoms with Crippen LogP contribution in [0.4, 0.5) is 0 Å². The molecule has 2 heterocycles. The maximum absolute atomic E-state index is 12.3. The molecule has 1 atom stereocenters. The first-order valence-corrected chi connectivity index (χ1v) is 9.29. The van der Waals surface area contributed by atoms with E-state index in [9.17, 15) is 13.2 Å². The number of hydrogen-bond acceptors (Lipinski definition) is 4. The normalized spacial score (nSPS) is 18.4. The fourth-order valence-corrected chi connectivity index (χ4v) is 3.77. The molecular weight excluding hydrogens is 290 g/mol. The van der Waals surface area contributed by atoms with Gasteiger partial charge in [-0.25, -0.2) is 8.42 Å². The molecule has 1 aliphatic heterocycles. The van der Waals surface area contributed by atoms with Crippen molar-refractivity contribution in [2.75, 3.05) is 25.1 Å². The number of carbonyl (C=O) groups excluding carboxylic acids is 1. The molecule has 1 saturated heterocycles. The van der Waals surface area contributed by atoms with Crippen LogP contribution in [0.1, 0.15) is 36.3 Å². The molecule has 0 bridgehead atoms. The molecule has 1 aliphatic rings. The quantitative estimate of drug-likeness (QED) is 0.833. The number of carbonyl (C=O) groups is 1. The molecule has 7 heteroatoms. The van der Waals surface area contributed by atoms with E-state index in [2.05, 4.69) is 10.6 Å². The Hall–Kier alpha value is -1.34. The maximum Gasteiger partial charge on any atom is 0.268 e. The van der Waals surface area contributed by atoms with E-state index in [0.29, 0.717) is 11.7 Å². The zero-order valence-electron chi connectivity index (χ0n) is 12.5. The van der Waals surface area contributed by atoms with Gasteiger partial charge in [-0.15, -0.1) is 0 Å². The summed E-state index contributed by atoms with van der Waals surface area (Å²) in [6, 6.07) is 3.57. The third kappa shape index (κ3) is 4.57. The van der Waals surface area contributed by atoms with Gasteiger partial charge in [0.25, 0.3) is 5.91 Å². The second-order valence-electron chi connectivity index (χ2n) is 5.75. The smallest absolute Gasteiger partial charge is 0.268 e. The van der Waals surface area contributed by atoms with Crippen LogP contribution >= 0.6 is 0 Å². The molecule has 2 N–H and O–H groups in total. The van der Waals surface area contributed by atoms with Crippen LogP contribution in [0.3, 0.4) is 0 Å². The van der Waals surface area contributed by atoms with Crippen LogP contribution in [0.5, 0.6) is 0 Å². The molecule has 118 valence electrons. The Morgan fingerprint density at radius 3 is 2.76 bits per heavy atom. The second-order valence-corrected chi connectivity index (χ2v) is 7.93. The van der Waals surface area contributed by atoms with Crippen molar-refractivity contribution in [1.82, 2.24) is 15.2 Å². The number of aromatic nitrogens is 1. The predicted molar refractivity (Wildman–Crippen MR) is 82.2 cm³/mol. The van der Waals surface area contributed by atoms with Crippen LogP contribution in [0.25, 0.3) is 0 Å². The van der Waals surface area contributed by atoms with Gasteiger partial charge in [-0.2, -0.15) is 0 Å². The first-order valence-electron chi connectivity index (χ1n) is 7.23. The zero-order valence-corrected chi connectivity index (χ0v) is 13.3. The van der Waals surface area contributed by atoms with Crippen molar-refractivity contribution < 1.29 is 13.2 Å². The number of piperidine rings is 1. The Labute approximate surface area is 125 Å². The van der Waals surface area contributed by atoms with Crippen molar-refractivity contribution >= 4 is 15.7 Å². The lowest BCUT2D eigenvalue weighted by Crippen LogP contribution is -2.39. The van der Waals surface area contributed by atoms with Crippen molar-refractivity contribution in [3.8, 4) is 0 Å². The van der Waals surface area contributed by atoms with Crippen LogP contribution in [-0.4, -0.2) is 50.0 Å². The molecule has 0 spiro atoms. The minimum Gasteiger partial charge on any atom is -0.347 e. The molecule has 1 fully saturated rings. The topological polar surface area (TPSA) is 80.2 Å². The summed E-state index contributed by atoms with van der Waals surface area (Å²) in [5, 5.41) is 6.07. The highest BCUT2D eigenvalue weighted by atomic mass is 32.2. The molecule has 0 radical (unpaired) electrons. The van der Waals surface area contributed by atoms with Gasteiger partial charge < -0.3 is 15.2 Å². The minimum absolute atomic E-state index is 0.0488. The molecule has 1 amide bonds. The average Bonchev–Trinajstić information content (AvgIpc) is 2.86. The number of amides is 1. The number of sulfone groups is 1. The van der Waals surface area contributed by atoms with Gasteiger partial charge in [0.2, 0.25) is 0 Å². The van der Waals surface area contributed by atoms with E-state index >= 15 is 0 Å². The SMILES string of the molecule is CC(CS(C)(=O)=O)NC(=O)c1cccn1C1CCNCC1. The summed E-state index contributed by atoms with van der Waals surface area (Å²) in [5.74, 6) is -0.262. The monoisotopic (exact) mass is 313 g/mol. The van der Waals surface area contributed by atoms with Crippen molar-refractivity contribution in [1.29, 1.82) is 0 Å². The molecule has 2 rings (SSSR count). The summed E-state index contributed by atoms with van der Waals surface area (Å²) < 4.78 is 24.5. The maximum atomic E-state index is 12.3. The van der Waals surface area contributed by atoms with Crippen LogP contribution < -0.4 is 10.6 Å². The first kappa shape index (κ1) is 16.0. The highest BCUT2D eigenvalue weighted by molar-refractivity contribution is 7.90. The molecule has 0 saturated carbocycles. The van der Waals surface area contributed by atoms with Gasteiger partial charge in [-0.3, -0.25) is 4.79 Å². The fourth-order valence-electron chi connectivity index (χ4n) is 2.78. The Morgan fingerprint density at radius 1 is 1.48 bits per heavy atom. The molecule has 0 aromatic carbocycles. The van der Waals surface area contributed by atoms with E-state index in [1.807, 2.05) is 16.8 Å². The number of nitrogens with zero attached hydrogens (tertiary/aromatic N) is 1. The van der Waals surface area contributed by atoms with Gasteiger partial charge in [-0.1, -0.05) is 0 Å². The summed E-state index contributed by atoms with van der Waals surface area (Å²) in [4.78, 5) is 12.3. The minimum atomic E-state index is -3.10. The van der Waals surface area contributed by atoms with Crippen molar-refractivity contribution in [3.63, 3.8) is 0 Å². The van der Waals surface area contributed by atoms with Crippen molar-refractivity contribution in [3.05, 3.63) is 24.0 Å². The molecule has 6 nitrogen and oxygen atoms in total. The van der Waals surface area contributed by atoms with Gasteiger partial charge in [-0.05, 0) is 45.0 Å². The lowest BCUT2D eigenvalue weighted by atomic mass is 10.1. The van der Waals surface area contributed by atoms with Crippen molar-refractivity contribution in [2.24, 2.45) is 0 Å². The highest BCUT2D eigenvalue weighted by Gasteiger charge is 2.21. The third-order valence-electron chi connectivity index (χ3n) is 3.64. The number of rotatable bonds is 5. The predicted octanol–water partition coefficient (Wildman–Crippen LogP) is 0.575. The number of hydrogen-bond donors (Lipinski definition) is 2. The lowest BCUT2D eigenvalue weighted by molar-refractivity contribution is 0.0930. The molecule has 21 heavy (non-hydrogen) atoms. The molecule has 1 aromatic heterocycles. The van der Waals surface area contributed by atoms with E-state index in [0.717, 1.165) is 25.9 Å². The summed E-state index contributed by atoms with van der Waals surface area (Å²) >= 11 is 0. The van der Waals surface area contributed by atoms with E-state index in [1.54, 1.807) is 13.0 Å². The van der Waals surface area contributed by atoms with E-state index in [1.165, 1.54) is 6.26 Å². The first-order chi connectivity index (χ1) is 9.87. The molecular formula is C14H23N3O3S. The van der Waals surface area contributed by atoms with Gasteiger partial charge in [0, 0.05) is 24.5 Å². The Balaban J connectivity index is 2.04. The van der Waals surface area contributed by atoms with E-state index in [4.69, 9.17) is 0 Å². The van der Waals surface area contributed by atoms with Crippen LogP contribution in [0.15, 0.2) is 18.3 Å². The standard InChI is InChI=1S/C14H23N3O3S/c1-11(10-21(2,19)20)16-14(18)13-4-3-9-17(13)12-5-7-15-8-6-12/h3-4,9,11-12,15H,5-8,10H2,1-2H3,(H,16,18). The Kier molecular flexibility index (Phi) is 5.05. The second kappa shape index (κ2) is 6.62. The fraction of sp³-hybridized carbons (Fsp3) is 0.643. The largest absolute Gasteiger partial charge is 0.347 e. The van der Waals surface area contributed by atoms with Crippen LogP contribution in [0.2, 0.25) is 0 Å². The van der Waals surface area contributed by atoms with Gasteiger partial charge >= 0.3 is 0 Å². The highest BCUT2D eigenvalue weighted by Crippen LogP contribution is 2.21. The van der Waals surface area contributed by atoms with E-state index < -0.39 is 15.9 Å². The van der Waals surface area contributed by atoms with Crippen LogP contribution in [-0.2, 0) is 9.84 Å². The molecule has 0 aliphatic carbocycles. The Morgan fingerprint density at radius 2 is 2.14 bits per heavy atom. The average molecular weight is 313 g/mol. The van der Waals surface area contributed by atoms with Gasteiger partial charge in [0.1, 0.15) is 15.5 Å². The summed E-state index contributed by atoms with van der Waals surface area (Å²) in [7, 11) is -3.10. The summed E-state index contributed by atoms with van der Waals surface area (Å²) in [5.41, 5.74) is 0.599. The van der Waals surface area contributed by atoms with Gasteiger partial charge in [0.05, 0.1) is 5.75 Å². The molecule has 1 aromatic rings. The van der Waals surface area contributed by atoms with E-state index in [-0.39, 0.29) is 11.7 Å². The van der Waals surface area contributed by atoms with Gasteiger partial charge in [0.15, 0.2) is 0 Å². The van der Waals surface area contributed by atoms with Crippen molar-refractivity contribution in [2.45, 2.75) is 31.8 Å². The Bertz CT molecular complexity index is 588. The zero-order chi connectivity index (χ0) is 15.5. The van der Waals surface area contributed by atoms with Crippen LogP contribution in [0, 0.1) is 0 Å². The number of nitrogens with one attached hydrogen (secondary N) is 2. The third-order valence-corrected chi connectivity index (χ3v) is 4.75.